The molecule has 2 unspecified atom stereocenters. The zero-order valence-electron chi connectivity index (χ0n) is 13.4. The molecular weight excluding hydrogens is 304 g/mol. The average molecular weight is 327 g/mol. The standard InChI is InChI=1S/C16H23F2N3O2/c1-11(12-5-7-14(8-6-12)23-15(17)18)19-16(22)20-13-4-3-9-21(2)10-13/h5-8,11,13,15H,3-4,9-10H2,1-2H3,(H2,19,20,22). The number of halogens is 2. The highest BCUT2D eigenvalue weighted by Gasteiger charge is 2.19. The molecule has 1 aromatic carbocycles. The summed E-state index contributed by atoms with van der Waals surface area (Å²) in [6.45, 7) is 0.913. The smallest absolute Gasteiger partial charge is 0.387 e. The molecule has 5 nitrogen and oxygen atoms in total. The lowest BCUT2D eigenvalue weighted by atomic mass is 10.1. The van der Waals surface area contributed by atoms with Gasteiger partial charge >= 0.3 is 12.6 Å². The number of nitrogens with zero attached hydrogens (tertiary/aromatic N) is 1. The lowest BCUT2D eigenvalue weighted by molar-refractivity contribution is -0.0498. The minimum Gasteiger partial charge on any atom is -0.435 e. The second-order valence-electron chi connectivity index (χ2n) is 5.89. The van der Waals surface area contributed by atoms with Crippen LogP contribution in [0, 0.1) is 0 Å². The van der Waals surface area contributed by atoms with Gasteiger partial charge in [0.1, 0.15) is 5.75 Å². The maximum atomic E-state index is 12.1. The fourth-order valence-electron chi connectivity index (χ4n) is 2.73. The molecule has 0 saturated carbocycles. The van der Waals surface area contributed by atoms with Crippen LogP contribution in [-0.4, -0.2) is 43.7 Å². The molecule has 2 rings (SSSR count). The molecule has 1 aliphatic rings. The highest BCUT2D eigenvalue weighted by Crippen LogP contribution is 2.19. The normalized spacial score (nSPS) is 20.1. The van der Waals surface area contributed by atoms with Crippen LogP contribution in [0.1, 0.15) is 31.4 Å². The third-order valence-corrected chi connectivity index (χ3v) is 3.91. The van der Waals surface area contributed by atoms with Gasteiger partial charge in [0.15, 0.2) is 0 Å². The Morgan fingerprint density at radius 3 is 2.65 bits per heavy atom. The van der Waals surface area contributed by atoms with Crippen molar-refractivity contribution in [3.63, 3.8) is 0 Å². The number of likely N-dealkylation sites (tertiary alicyclic amines) is 1. The van der Waals surface area contributed by atoms with Gasteiger partial charge in [0.25, 0.3) is 0 Å². The first-order valence-electron chi connectivity index (χ1n) is 7.74. The molecule has 1 aromatic rings. The number of urea groups is 1. The summed E-state index contributed by atoms with van der Waals surface area (Å²) in [5.74, 6) is 0.102. The number of amides is 2. The SMILES string of the molecule is CC(NC(=O)NC1CCCN(C)C1)c1ccc(OC(F)F)cc1. The van der Waals surface area contributed by atoms with E-state index in [0.29, 0.717) is 0 Å². The van der Waals surface area contributed by atoms with Gasteiger partial charge in [-0.1, -0.05) is 12.1 Å². The Bertz CT molecular complexity index is 511. The largest absolute Gasteiger partial charge is 0.435 e. The van der Waals surface area contributed by atoms with E-state index in [-0.39, 0.29) is 23.9 Å². The summed E-state index contributed by atoms with van der Waals surface area (Å²) < 4.78 is 28.5. The van der Waals surface area contributed by atoms with Crippen molar-refractivity contribution in [1.29, 1.82) is 0 Å². The number of piperidine rings is 1. The highest BCUT2D eigenvalue weighted by molar-refractivity contribution is 5.74. The molecule has 0 radical (unpaired) electrons. The number of hydrogen-bond donors (Lipinski definition) is 2. The average Bonchev–Trinajstić information content (AvgIpc) is 2.47. The Morgan fingerprint density at radius 1 is 1.35 bits per heavy atom. The Hall–Kier alpha value is -1.89. The van der Waals surface area contributed by atoms with Crippen molar-refractivity contribution < 1.29 is 18.3 Å². The molecule has 0 aliphatic carbocycles. The van der Waals surface area contributed by atoms with Gasteiger partial charge in [-0.15, -0.1) is 0 Å². The first kappa shape index (κ1) is 17.5. The minimum atomic E-state index is -2.84. The maximum absolute atomic E-state index is 12.1. The lowest BCUT2D eigenvalue weighted by Gasteiger charge is -2.30. The minimum absolute atomic E-state index is 0.102. The summed E-state index contributed by atoms with van der Waals surface area (Å²) in [4.78, 5) is 14.2. The molecule has 1 fully saturated rings. The number of nitrogens with one attached hydrogen (secondary N) is 2. The topological polar surface area (TPSA) is 53.6 Å². The maximum Gasteiger partial charge on any atom is 0.387 e. The Labute approximate surface area is 135 Å². The molecule has 7 heteroatoms. The van der Waals surface area contributed by atoms with Gasteiger partial charge in [-0.3, -0.25) is 0 Å². The number of benzene rings is 1. The number of rotatable bonds is 5. The van der Waals surface area contributed by atoms with E-state index >= 15 is 0 Å². The van der Waals surface area contributed by atoms with Gasteiger partial charge < -0.3 is 20.3 Å². The summed E-state index contributed by atoms with van der Waals surface area (Å²) in [6, 6.07) is 5.97. The quantitative estimate of drug-likeness (QED) is 0.874. The van der Waals surface area contributed by atoms with Gasteiger partial charge in [0, 0.05) is 12.6 Å². The van der Waals surface area contributed by atoms with Crippen molar-refractivity contribution in [2.24, 2.45) is 0 Å². The second kappa shape index (κ2) is 8.10. The number of ether oxygens (including phenoxy) is 1. The molecule has 1 saturated heterocycles. The molecule has 1 heterocycles. The monoisotopic (exact) mass is 327 g/mol. The second-order valence-corrected chi connectivity index (χ2v) is 5.89. The van der Waals surface area contributed by atoms with Crippen LogP contribution in [-0.2, 0) is 0 Å². The van der Waals surface area contributed by atoms with Crippen molar-refractivity contribution in [1.82, 2.24) is 15.5 Å². The Morgan fingerprint density at radius 2 is 2.04 bits per heavy atom. The van der Waals surface area contributed by atoms with Crippen LogP contribution >= 0.6 is 0 Å². The molecule has 2 atom stereocenters. The first-order chi connectivity index (χ1) is 10.9. The van der Waals surface area contributed by atoms with Crippen molar-refractivity contribution in [3.8, 4) is 5.75 Å². The van der Waals surface area contributed by atoms with Crippen molar-refractivity contribution in [2.75, 3.05) is 20.1 Å². The van der Waals surface area contributed by atoms with E-state index in [4.69, 9.17) is 0 Å². The van der Waals surface area contributed by atoms with Gasteiger partial charge in [-0.25, -0.2) is 4.79 Å². The summed E-state index contributed by atoms with van der Waals surface area (Å²) in [5.41, 5.74) is 0.822. The molecule has 0 bridgehead atoms. The van der Waals surface area contributed by atoms with E-state index < -0.39 is 6.61 Å². The zero-order chi connectivity index (χ0) is 16.8. The van der Waals surface area contributed by atoms with Gasteiger partial charge in [-0.2, -0.15) is 8.78 Å². The van der Waals surface area contributed by atoms with Crippen LogP contribution in [0.4, 0.5) is 13.6 Å². The van der Waals surface area contributed by atoms with Gasteiger partial charge in [0.2, 0.25) is 0 Å². The number of carbonyl (C=O) groups excluding carboxylic acids is 1. The molecule has 23 heavy (non-hydrogen) atoms. The number of alkyl halides is 2. The molecule has 0 aromatic heterocycles. The van der Waals surface area contributed by atoms with Crippen LogP contribution in [0.5, 0.6) is 5.75 Å². The van der Waals surface area contributed by atoms with Crippen molar-refractivity contribution in [2.45, 2.75) is 38.5 Å². The third kappa shape index (κ3) is 5.67. The Kier molecular flexibility index (Phi) is 6.15. The van der Waals surface area contributed by atoms with Crippen molar-refractivity contribution in [3.05, 3.63) is 29.8 Å². The fourth-order valence-corrected chi connectivity index (χ4v) is 2.73. The van der Waals surface area contributed by atoms with E-state index in [2.05, 4.69) is 20.3 Å². The van der Waals surface area contributed by atoms with Crippen LogP contribution in [0.3, 0.4) is 0 Å². The van der Waals surface area contributed by atoms with E-state index in [1.807, 2.05) is 14.0 Å². The first-order valence-corrected chi connectivity index (χ1v) is 7.74. The van der Waals surface area contributed by atoms with Crippen molar-refractivity contribution >= 4 is 6.03 Å². The number of hydrogen-bond acceptors (Lipinski definition) is 3. The highest BCUT2D eigenvalue weighted by atomic mass is 19.3. The molecule has 2 N–H and O–H groups in total. The summed E-state index contributed by atoms with van der Waals surface area (Å²) in [6.07, 6.45) is 2.05. The van der Waals surface area contributed by atoms with Crippen LogP contribution < -0.4 is 15.4 Å². The molecule has 128 valence electrons. The van der Waals surface area contributed by atoms with E-state index in [0.717, 1.165) is 31.5 Å². The molecule has 1 aliphatic heterocycles. The molecular formula is C16H23F2N3O2. The van der Waals surface area contributed by atoms with Crippen LogP contribution in [0.15, 0.2) is 24.3 Å². The van der Waals surface area contributed by atoms with E-state index in [9.17, 15) is 13.6 Å². The zero-order valence-corrected chi connectivity index (χ0v) is 13.4. The third-order valence-electron chi connectivity index (χ3n) is 3.91. The number of likely N-dealkylation sites (N-methyl/N-ethyl adjacent to an activating group) is 1. The molecule has 2 amide bonds. The lowest BCUT2D eigenvalue weighted by Crippen LogP contribution is -2.49. The number of carbonyl (C=O) groups is 1. The predicted molar refractivity (Wildman–Crippen MR) is 83.7 cm³/mol. The Balaban J connectivity index is 1.83. The van der Waals surface area contributed by atoms with E-state index in [1.54, 1.807) is 12.1 Å². The fraction of sp³-hybridized carbons (Fsp3) is 0.562. The van der Waals surface area contributed by atoms with Crippen LogP contribution in [0.2, 0.25) is 0 Å². The molecule has 0 spiro atoms. The van der Waals surface area contributed by atoms with Gasteiger partial charge in [0.05, 0.1) is 6.04 Å². The summed E-state index contributed by atoms with van der Waals surface area (Å²) >= 11 is 0. The van der Waals surface area contributed by atoms with E-state index in [1.165, 1.54) is 12.1 Å². The van der Waals surface area contributed by atoms with Gasteiger partial charge in [-0.05, 0) is 51.1 Å². The van der Waals surface area contributed by atoms with Crippen LogP contribution in [0.25, 0.3) is 0 Å². The summed E-state index contributed by atoms with van der Waals surface area (Å²) in [7, 11) is 2.04. The predicted octanol–water partition coefficient (Wildman–Crippen LogP) is 2.74. The summed E-state index contributed by atoms with van der Waals surface area (Å²) in [5, 5.41) is 5.83.